The van der Waals surface area contributed by atoms with Crippen LogP contribution in [0.5, 0.6) is 0 Å². The maximum absolute atomic E-state index is 13.1. The average Bonchev–Trinajstić information content (AvgIpc) is 3.11. The van der Waals surface area contributed by atoms with Gasteiger partial charge >= 0.3 is 0 Å². The molecule has 1 saturated heterocycles. The minimum Gasteiger partial charge on any atom is -0.339 e. The lowest BCUT2D eigenvalue weighted by Gasteiger charge is -2.44. The van der Waals surface area contributed by atoms with Crippen molar-refractivity contribution in [3.05, 3.63) is 16.8 Å². The Morgan fingerprint density at radius 2 is 1.96 bits per heavy atom. The van der Waals surface area contributed by atoms with Crippen molar-refractivity contribution in [3.8, 4) is 0 Å². The molecule has 3 heterocycles. The van der Waals surface area contributed by atoms with Crippen molar-refractivity contribution in [2.75, 3.05) is 12.3 Å². The summed E-state index contributed by atoms with van der Waals surface area (Å²) in [4.78, 5) is 27.0. The van der Waals surface area contributed by atoms with Crippen LogP contribution in [0.4, 0.5) is 0 Å². The third kappa shape index (κ3) is 3.39. The largest absolute Gasteiger partial charge is 0.339 e. The fraction of sp³-hybridized carbons (Fsp3) is 0.667. The van der Waals surface area contributed by atoms with Gasteiger partial charge in [-0.2, -0.15) is 0 Å². The molecule has 2 aromatic rings. The highest BCUT2D eigenvalue weighted by Gasteiger charge is 2.35. The molecule has 2 aromatic heterocycles. The van der Waals surface area contributed by atoms with Gasteiger partial charge in [-0.25, -0.2) is 9.97 Å². The first-order chi connectivity index (χ1) is 13.3. The molecule has 2 atom stereocenters. The maximum Gasteiger partial charge on any atom is 0.233 e. The van der Waals surface area contributed by atoms with Crippen LogP contribution in [0, 0.1) is 5.92 Å². The molecule has 1 aliphatic heterocycles. The fourth-order valence-corrected chi connectivity index (χ4v) is 7.52. The molecule has 0 bridgehead atoms. The first-order valence-corrected chi connectivity index (χ1v) is 12.3. The van der Waals surface area contributed by atoms with Crippen LogP contribution >= 0.6 is 23.1 Å². The van der Waals surface area contributed by atoms with Crippen LogP contribution in [0.15, 0.2) is 11.4 Å². The number of likely N-dealkylation sites (tertiary alicyclic amines) is 1. The number of carbonyl (C=O) groups is 1. The monoisotopic (exact) mass is 401 g/mol. The third-order valence-corrected chi connectivity index (χ3v) is 8.79. The molecule has 0 N–H and O–H groups in total. The Morgan fingerprint density at radius 1 is 1.11 bits per heavy atom. The highest BCUT2D eigenvalue weighted by atomic mass is 32.2. The second-order valence-corrected chi connectivity index (χ2v) is 10.2. The lowest BCUT2D eigenvalue weighted by Crippen LogP contribution is -2.50. The smallest absolute Gasteiger partial charge is 0.233 e. The first kappa shape index (κ1) is 17.9. The Morgan fingerprint density at radius 3 is 2.93 bits per heavy atom. The van der Waals surface area contributed by atoms with Gasteiger partial charge in [-0.1, -0.05) is 24.6 Å². The normalized spacial score (nSPS) is 25.3. The van der Waals surface area contributed by atoms with E-state index in [-0.39, 0.29) is 0 Å². The van der Waals surface area contributed by atoms with Crippen LogP contribution in [-0.2, 0) is 17.6 Å². The number of thiophene rings is 1. The van der Waals surface area contributed by atoms with Crippen molar-refractivity contribution in [1.82, 2.24) is 14.9 Å². The van der Waals surface area contributed by atoms with Crippen LogP contribution < -0.4 is 0 Å². The van der Waals surface area contributed by atoms with E-state index in [0.717, 1.165) is 28.7 Å². The summed E-state index contributed by atoms with van der Waals surface area (Å²) in [7, 11) is 0. The predicted octanol–water partition coefficient (Wildman–Crippen LogP) is 4.84. The number of rotatable bonds is 3. The highest BCUT2D eigenvalue weighted by Crippen LogP contribution is 2.40. The Labute approximate surface area is 169 Å². The van der Waals surface area contributed by atoms with Crippen molar-refractivity contribution in [2.24, 2.45) is 5.92 Å². The van der Waals surface area contributed by atoms with E-state index in [9.17, 15) is 4.79 Å². The Balaban J connectivity index is 1.34. The number of aromatic nitrogens is 2. The van der Waals surface area contributed by atoms with Gasteiger partial charge in [-0.05, 0) is 62.8 Å². The number of amides is 1. The third-order valence-electron chi connectivity index (χ3n) is 6.61. The van der Waals surface area contributed by atoms with E-state index in [1.54, 1.807) is 18.1 Å². The molecule has 0 spiro atoms. The fourth-order valence-electron chi connectivity index (χ4n) is 5.32. The Kier molecular flexibility index (Phi) is 5.11. The zero-order valence-electron chi connectivity index (χ0n) is 15.8. The van der Waals surface area contributed by atoms with Crippen molar-refractivity contribution in [2.45, 2.75) is 75.3 Å². The number of thioether (sulfide) groups is 1. The number of hydrogen-bond donors (Lipinski definition) is 0. The molecule has 3 aliphatic rings. The summed E-state index contributed by atoms with van der Waals surface area (Å²) < 4.78 is 0. The van der Waals surface area contributed by atoms with E-state index in [0.29, 0.717) is 17.7 Å². The van der Waals surface area contributed by atoms with Crippen LogP contribution in [0.1, 0.15) is 61.8 Å². The van der Waals surface area contributed by atoms with E-state index >= 15 is 0 Å². The van der Waals surface area contributed by atoms with Gasteiger partial charge < -0.3 is 4.90 Å². The standard InChI is InChI=1S/C21H27N3OS2/c25-18(24-11-5-7-14-6-1-3-9-16(14)24)12-26-20-19-15-8-2-4-10-17(15)27-21(19)23-13-22-20/h13-14,16H,1-12H2/t14-,16+/m1/s1. The van der Waals surface area contributed by atoms with E-state index in [1.165, 1.54) is 73.6 Å². The zero-order chi connectivity index (χ0) is 18.2. The molecule has 5 rings (SSSR count). The average molecular weight is 402 g/mol. The minimum absolute atomic E-state index is 0.312. The number of hydrogen-bond acceptors (Lipinski definition) is 5. The van der Waals surface area contributed by atoms with Crippen LogP contribution in [0.3, 0.4) is 0 Å². The summed E-state index contributed by atoms with van der Waals surface area (Å²) in [5, 5.41) is 2.26. The van der Waals surface area contributed by atoms with Crippen LogP contribution in [0.2, 0.25) is 0 Å². The van der Waals surface area contributed by atoms with Gasteiger partial charge in [0.05, 0.1) is 5.75 Å². The summed E-state index contributed by atoms with van der Waals surface area (Å²) in [6, 6.07) is 0.500. The molecule has 1 saturated carbocycles. The molecule has 0 radical (unpaired) electrons. The molecule has 4 nitrogen and oxygen atoms in total. The molecule has 144 valence electrons. The first-order valence-electron chi connectivity index (χ1n) is 10.5. The van der Waals surface area contributed by atoms with Gasteiger partial charge in [0.25, 0.3) is 0 Å². The van der Waals surface area contributed by atoms with E-state index in [4.69, 9.17) is 0 Å². The molecule has 2 aliphatic carbocycles. The van der Waals surface area contributed by atoms with Crippen LogP contribution in [0.25, 0.3) is 10.2 Å². The molecular formula is C21H27N3OS2. The Hall–Kier alpha value is -1.14. The predicted molar refractivity (Wildman–Crippen MR) is 111 cm³/mol. The molecule has 1 amide bonds. The van der Waals surface area contributed by atoms with Crippen molar-refractivity contribution in [3.63, 3.8) is 0 Å². The molecule has 0 aromatic carbocycles. The number of carbonyl (C=O) groups excluding carboxylic acids is 1. The van der Waals surface area contributed by atoms with Gasteiger partial charge in [0.2, 0.25) is 5.91 Å². The molecule has 6 heteroatoms. The topological polar surface area (TPSA) is 46.1 Å². The second kappa shape index (κ2) is 7.70. The lowest BCUT2D eigenvalue weighted by molar-refractivity contribution is -0.134. The van der Waals surface area contributed by atoms with Gasteiger partial charge in [0.1, 0.15) is 16.2 Å². The van der Waals surface area contributed by atoms with Crippen molar-refractivity contribution in [1.29, 1.82) is 0 Å². The SMILES string of the molecule is O=C(CSc1ncnc2sc3c(c12)CCCC3)N1CCC[C@H]2CCCC[C@@H]21. The Bertz CT molecular complexity index is 847. The number of aryl methyl sites for hydroxylation is 2. The summed E-state index contributed by atoms with van der Waals surface area (Å²) in [5.41, 5.74) is 1.46. The summed E-state index contributed by atoms with van der Waals surface area (Å²) in [6.07, 6.45) is 14.2. The zero-order valence-corrected chi connectivity index (χ0v) is 17.4. The number of fused-ring (bicyclic) bond motifs is 4. The molecule has 2 fully saturated rings. The van der Waals surface area contributed by atoms with E-state index in [1.807, 2.05) is 11.3 Å². The minimum atomic E-state index is 0.312. The van der Waals surface area contributed by atoms with E-state index < -0.39 is 0 Å². The highest BCUT2D eigenvalue weighted by molar-refractivity contribution is 8.00. The van der Waals surface area contributed by atoms with Crippen LogP contribution in [-0.4, -0.2) is 39.1 Å². The quantitative estimate of drug-likeness (QED) is 0.545. The van der Waals surface area contributed by atoms with Crippen molar-refractivity contribution >= 4 is 39.2 Å². The van der Waals surface area contributed by atoms with Crippen molar-refractivity contribution < 1.29 is 4.79 Å². The van der Waals surface area contributed by atoms with Gasteiger partial charge in [-0.3, -0.25) is 4.79 Å². The summed E-state index contributed by atoms with van der Waals surface area (Å²) in [6.45, 7) is 0.952. The van der Waals surface area contributed by atoms with Gasteiger partial charge in [-0.15, -0.1) is 11.3 Å². The lowest BCUT2D eigenvalue weighted by atomic mass is 9.78. The van der Waals surface area contributed by atoms with E-state index in [2.05, 4.69) is 14.9 Å². The maximum atomic E-state index is 13.1. The summed E-state index contributed by atoms with van der Waals surface area (Å²) >= 11 is 3.46. The van der Waals surface area contributed by atoms with Gasteiger partial charge in [0, 0.05) is 22.8 Å². The summed E-state index contributed by atoms with van der Waals surface area (Å²) in [5.74, 6) is 1.57. The van der Waals surface area contributed by atoms with Gasteiger partial charge in [0.15, 0.2) is 0 Å². The second-order valence-electron chi connectivity index (χ2n) is 8.20. The molecule has 27 heavy (non-hydrogen) atoms. The number of nitrogens with zero attached hydrogens (tertiary/aromatic N) is 3. The number of piperidine rings is 1. The molecular weight excluding hydrogens is 374 g/mol. The molecule has 0 unspecified atom stereocenters.